The minimum atomic E-state index is -3.45. The van der Waals surface area contributed by atoms with Gasteiger partial charge in [0.05, 0.1) is 18.6 Å². The number of hydrogen-bond acceptors (Lipinski definition) is 5. The van der Waals surface area contributed by atoms with Gasteiger partial charge in [0.15, 0.2) is 0 Å². The Morgan fingerprint density at radius 3 is 2.32 bits per heavy atom. The molecule has 0 aliphatic carbocycles. The monoisotopic (exact) mass is 288 g/mol. The van der Waals surface area contributed by atoms with Crippen molar-refractivity contribution >= 4 is 10.0 Å². The van der Waals surface area contributed by atoms with Gasteiger partial charge >= 0.3 is 0 Å². The molecule has 0 unspecified atom stereocenters. The van der Waals surface area contributed by atoms with Crippen molar-refractivity contribution in [3.63, 3.8) is 0 Å². The van der Waals surface area contributed by atoms with E-state index in [1.165, 1.54) is 19.2 Å². The first-order valence-corrected chi connectivity index (χ1v) is 7.42. The standard InChI is InChI=1S/C12H20N2O4S/c1-17-10-9-13-7-8-14-19(15,16)12-5-3-11(18-2)4-6-12/h3-6,13-14H,7-10H2,1-2H3. The van der Waals surface area contributed by atoms with Crippen LogP contribution in [-0.4, -0.2) is 48.9 Å². The second-order valence-corrected chi connectivity index (χ2v) is 5.58. The second-order valence-electron chi connectivity index (χ2n) is 3.82. The summed E-state index contributed by atoms with van der Waals surface area (Å²) in [6.45, 7) is 2.18. The number of methoxy groups -OCH3 is 2. The Bertz CT molecular complexity index is 459. The zero-order valence-electron chi connectivity index (χ0n) is 11.2. The van der Waals surface area contributed by atoms with Crippen LogP contribution in [0.25, 0.3) is 0 Å². The van der Waals surface area contributed by atoms with E-state index in [1.807, 2.05) is 0 Å². The first-order chi connectivity index (χ1) is 9.10. The third-order valence-electron chi connectivity index (χ3n) is 2.45. The lowest BCUT2D eigenvalue weighted by atomic mass is 10.3. The van der Waals surface area contributed by atoms with Gasteiger partial charge in [-0.1, -0.05) is 0 Å². The molecule has 0 bridgehead atoms. The fourth-order valence-corrected chi connectivity index (χ4v) is 2.44. The van der Waals surface area contributed by atoms with Gasteiger partial charge in [-0.25, -0.2) is 13.1 Å². The number of sulfonamides is 1. The predicted molar refractivity (Wildman–Crippen MR) is 72.9 cm³/mol. The summed E-state index contributed by atoms with van der Waals surface area (Å²) in [5.41, 5.74) is 0. The molecule has 0 aliphatic heterocycles. The summed E-state index contributed by atoms with van der Waals surface area (Å²) in [5.74, 6) is 0.625. The first kappa shape index (κ1) is 15.9. The third kappa shape index (κ3) is 5.56. The number of ether oxygens (including phenoxy) is 2. The zero-order valence-corrected chi connectivity index (χ0v) is 12.0. The van der Waals surface area contributed by atoms with Crippen molar-refractivity contribution in [3.8, 4) is 5.75 Å². The largest absolute Gasteiger partial charge is 0.497 e. The Morgan fingerprint density at radius 1 is 1.05 bits per heavy atom. The molecule has 1 aromatic carbocycles. The molecule has 7 heteroatoms. The van der Waals surface area contributed by atoms with Gasteiger partial charge in [0.1, 0.15) is 5.75 Å². The summed E-state index contributed by atoms with van der Waals surface area (Å²) in [4.78, 5) is 0.227. The predicted octanol–water partition coefficient (Wildman–Crippen LogP) is 0.210. The van der Waals surface area contributed by atoms with E-state index in [0.717, 1.165) is 0 Å². The molecule has 6 nitrogen and oxygen atoms in total. The summed E-state index contributed by atoms with van der Waals surface area (Å²) < 4.78 is 36.2. The molecule has 1 aromatic rings. The van der Waals surface area contributed by atoms with Crippen LogP contribution in [-0.2, 0) is 14.8 Å². The SMILES string of the molecule is COCCNCCNS(=O)(=O)c1ccc(OC)cc1. The molecule has 0 radical (unpaired) electrons. The molecular weight excluding hydrogens is 268 g/mol. The molecule has 19 heavy (non-hydrogen) atoms. The van der Waals surface area contributed by atoms with Crippen LogP contribution < -0.4 is 14.8 Å². The van der Waals surface area contributed by atoms with E-state index in [0.29, 0.717) is 32.0 Å². The average molecular weight is 288 g/mol. The molecule has 0 heterocycles. The van der Waals surface area contributed by atoms with Crippen LogP contribution in [0.4, 0.5) is 0 Å². The van der Waals surface area contributed by atoms with E-state index in [4.69, 9.17) is 9.47 Å². The zero-order chi connectivity index (χ0) is 14.1. The quantitative estimate of drug-likeness (QED) is 0.635. The van der Waals surface area contributed by atoms with Crippen molar-refractivity contribution in [2.24, 2.45) is 0 Å². The molecule has 2 N–H and O–H groups in total. The van der Waals surface area contributed by atoms with Crippen LogP contribution in [0.15, 0.2) is 29.2 Å². The molecule has 0 spiro atoms. The maximum absolute atomic E-state index is 11.9. The minimum absolute atomic E-state index is 0.227. The van der Waals surface area contributed by atoms with E-state index in [-0.39, 0.29) is 4.90 Å². The van der Waals surface area contributed by atoms with Gasteiger partial charge in [-0.2, -0.15) is 0 Å². The smallest absolute Gasteiger partial charge is 0.240 e. The molecular formula is C12H20N2O4S. The fraction of sp³-hybridized carbons (Fsp3) is 0.500. The lowest BCUT2D eigenvalue weighted by Gasteiger charge is -2.08. The van der Waals surface area contributed by atoms with Crippen molar-refractivity contribution in [2.45, 2.75) is 4.90 Å². The normalized spacial score (nSPS) is 11.5. The van der Waals surface area contributed by atoms with Gasteiger partial charge in [-0.15, -0.1) is 0 Å². The highest BCUT2D eigenvalue weighted by Gasteiger charge is 2.12. The van der Waals surface area contributed by atoms with Crippen LogP contribution in [0.2, 0.25) is 0 Å². The van der Waals surface area contributed by atoms with E-state index in [2.05, 4.69) is 10.0 Å². The van der Waals surface area contributed by atoms with Crippen LogP contribution in [0, 0.1) is 0 Å². The van der Waals surface area contributed by atoms with Crippen molar-refractivity contribution in [1.29, 1.82) is 0 Å². The Morgan fingerprint density at radius 2 is 1.74 bits per heavy atom. The van der Waals surface area contributed by atoms with Crippen LogP contribution in [0.3, 0.4) is 0 Å². The Hall–Kier alpha value is -1.15. The molecule has 0 saturated carbocycles. The molecule has 0 aromatic heterocycles. The summed E-state index contributed by atoms with van der Waals surface area (Å²) in [6.07, 6.45) is 0. The van der Waals surface area contributed by atoms with E-state index < -0.39 is 10.0 Å². The number of benzene rings is 1. The van der Waals surface area contributed by atoms with Gasteiger partial charge in [0.2, 0.25) is 10.0 Å². The topological polar surface area (TPSA) is 76.7 Å². The molecule has 0 saturated heterocycles. The third-order valence-corrected chi connectivity index (χ3v) is 3.92. The summed E-state index contributed by atoms with van der Waals surface area (Å²) in [5, 5.41) is 3.06. The van der Waals surface area contributed by atoms with Gasteiger partial charge < -0.3 is 14.8 Å². The lowest BCUT2D eigenvalue weighted by molar-refractivity contribution is 0.199. The maximum Gasteiger partial charge on any atom is 0.240 e. The molecule has 1 rings (SSSR count). The first-order valence-electron chi connectivity index (χ1n) is 5.93. The summed E-state index contributed by atoms with van der Waals surface area (Å²) in [6, 6.07) is 6.26. The highest BCUT2D eigenvalue weighted by atomic mass is 32.2. The van der Waals surface area contributed by atoms with Gasteiger partial charge in [-0.3, -0.25) is 0 Å². The molecule has 0 fully saturated rings. The number of hydrogen-bond donors (Lipinski definition) is 2. The van der Waals surface area contributed by atoms with E-state index in [9.17, 15) is 8.42 Å². The molecule has 0 amide bonds. The fourth-order valence-electron chi connectivity index (χ4n) is 1.41. The van der Waals surface area contributed by atoms with Crippen molar-refractivity contribution in [2.75, 3.05) is 40.5 Å². The van der Waals surface area contributed by atoms with Gasteiger partial charge in [0.25, 0.3) is 0 Å². The average Bonchev–Trinajstić information content (AvgIpc) is 2.43. The molecule has 0 aliphatic rings. The van der Waals surface area contributed by atoms with Crippen LogP contribution >= 0.6 is 0 Å². The van der Waals surface area contributed by atoms with Crippen molar-refractivity contribution < 1.29 is 17.9 Å². The van der Waals surface area contributed by atoms with E-state index in [1.54, 1.807) is 19.2 Å². The van der Waals surface area contributed by atoms with Crippen molar-refractivity contribution in [1.82, 2.24) is 10.0 Å². The Balaban J connectivity index is 2.42. The van der Waals surface area contributed by atoms with Gasteiger partial charge in [0, 0.05) is 26.7 Å². The summed E-state index contributed by atoms with van der Waals surface area (Å²) in [7, 11) is -0.301. The van der Waals surface area contributed by atoms with Gasteiger partial charge in [-0.05, 0) is 24.3 Å². The number of rotatable bonds is 9. The van der Waals surface area contributed by atoms with E-state index >= 15 is 0 Å². The maximum atomic E-state index is 11.9. The minimum Gasteiger partial charge on any atom is -0.497 e. The second kappa shape index (κ2) is 8.11. The highest BCUT2D eigenvalue weighted by Crippen LogP contribution is 2.14. The van der Waals surface area contributed by atoms with Crippen LogP contribution in [0.5, 0.6) is 5.75 Å². The number of nitrogens with one attached hydrogen (secondary N) is 2. The Labute approximate surface area is 114 Å². The van der Waals surface area contributed by atoms with Crippen LogP contribution in [0.1, 0.15) is 0 Å². The molecule has 0 atom stereocenters. The highest BCUT2D eigenvalue weighted by molar-refractivity contribution is 7.89. The molecule has 108 valence electrons. The summed E-state index contributed by atoms with van der Waals surface area (Å²) >= 11 is 0. The lowest BCUT2D eigenvalue weighted by Crippen LogP contribution is -2.33. The van der Waals surface area contributed by atoms with Crippen molar-refractivity contribution in [3.05, 3.63) is 24.3 Å². The Kier molecular flexibility index (Phi) is 6.79.